The van der Waals surface area contributed by atoms with Crippen molar-refractivity contribution < 1.29 is 4.79 Å². The Balaban J connectivity index is 2.35. The van der Waals surface area contributed by atoms with E-state index in [0.717, 1.165) is 45.2 Å². The first kappa shape index (κ1) is 14.5. The van der Waals surface area contributed by atoms with Crippen LogP contribution in [-0.2, 0) is 4.79 Å². The highest BCUT2D eigenvalue weighted by molar-refractivity contribution is 5.81. The summed E-state index contributed by atoms with van der Waals surface area (Å²) >= 11 is 0. The third-order valence-corrected chi connectivity index (χ3v) is 3.69. The van der Waals surface area contributed by atoms with Crippen LogP contribution in [0.2, 0.25) is 0 Å². The summed E-state index contributed by atoms with van der Waals surface area (Å²) in [6, 6.07) is 0.330. The molecule has 0 radical (unpaired) electrons. The fraction of sp³-hybridized carbons (Fsp3) is 0.923. The van der Waals surface area contributed by atoms with Crippen molar-refractivity contribution in [2.24, 2.45) is 5.73 Å². The number of piperidine rings is 1. The van der Waals surface area contributed by atoms with Gasteiger partial charge in [-0.3, -0.25) is 4.79 Å². The molecule has 0 bridgehead atoms. The number of rotatable bonds is 5. The van der Waals surface area contributed by atoms with Crippen molar-refractivity contribution in [1.82, 2.24) is 9.80 Å². The van der Waals surface area contributed by atoms with Gasteiger partial charge in [-0.15, -0.1) is 0 Å². The summed E-state index contributed by atoms with van der Waals surface area (Å²) in [5.41, 5.74) is 5.93. The van der Waals surface area contributed by atoms with Gasteiger partial charge < -0.3 is 15.5 Å². The second-order valence-electron chi connectivity index (χ2n) is 5.27. The van der Waals surface area contributed by atoms with E-state index in [1.165, 1.54) is 0 Å². The molecule has 1 unspecified atom stereocenters. The van der Waals surface area contributed by atoms with E-state index in [1.54, 1.807) is 0 Å². The quantitative estimate of drug-likeness (QED) is 0.783. The third kappa shape index (κ3) is 4.28. The van der Waals surface area contributed by atoms with E-state index >= 15 is 0 Å². The number of nitrogens with two attached hydrogens (primary N) is 1. The first-order chi connectivity index (χ1) is 8.06. The Morgan fingerprint density at radius 2 is 2.00 bits per heavy atom. The minimum absolute atomic E-state index is 0.149. The van der Waals surface area contributed by atoms with E-state index in [4.69, 9.17) is 5.73 Å². The summed E-state index contributed by atoms with van der Waals surface area (Å²) in [4.78, 5) is 16.3. The van der Waals surface area contributed by atoms with Crippen LogP contribution in [0.1, 0.15) is 39.0 Å². The van der Waals surface area contributed by atoms with Gasteiger partial charge in [0.25, 0.3) is 0 Å². The minimum Gasteiger partial charge on any atom is -0.341 e. The van der Waals surface area contributed by atoms with Gasteiger partial charge in [-0.05, 0) is 33.4 Å². The molecule has 2 N–H and O–H groups in total. The molecule has 1 amide bonds. The van der Waals surface area contributed by atoms with Crippen molar-refractivity contribution in [3.05, 3.63) is 0 Å². The maximum atomic E-state index is 12.1. The van der Waals surface area contributed by atoms with Crippen LogP contribution in [0, 0.1) is 0 Å². The molecule has 4 nitrogen and oxygen atoms in total. The van der Waals surface area contributed by atoms with Crippen LogP contribution in [0.25, 0.3) is 0 Å². The van der Waals surface area contributed by atoms with Crippen LogP contribution < -0.4 is 5.73 Å². The summed E-state index contributed by atoms with van der Waals surface area (Å²) in [5.74, 6) is 0.149. The largest absolute Gasteiger partial charge is 0.341 e. The number of hydrogen-bond donors (Lipinski definition) is 1. The fourth-order valence-electron chi connectivity index (χ4n) is 2.38. The van der Waals surface area contributed by atoms with Crippen LogP contribution in [-0.4, -0.2) is 55.0 Å². The lowest BCUT2D eigenvalue weighted by Gasteiger charge is -2.36. The summed E-state index contributed by atoms with van der Waals surface area (Å²) in [5, 5.41) is 0. The lowest BCUT2D eigenvalue weighted by Crippen LogP contribution is -2.49. The van der Waals surface area contributed by atoms with E-state index in [1.807, 2.05) is 4.90 Å². The van der Waals surface area contributed by atoms with Gasteiger partial charge in [0.15, 0.2) is 0 Å². The second kappa shape index (κ2) is 6.97. The van der Waals surface area contributed by atoms with Crippen LogP contribution >= 0.6 is 0 Å². The molecule has 0 aliphatic carbocycles. The topological polar surface area (TPSA) is 49.6 Å². The monoisotopic (exact) mass is 241 g/mol. The van der Waals surface area contributed by atoms with Gasteiger partial charge in [0, 0.05) is 19.1 Å². The Morgan fingerprint density at radius 1 is 1.41 bits per heavy atom. The molecular formula is C13H27N3O. The highest BCUT2D eigenvalue weighted by Gasteiger charge is 2.26. The minimum atomic E-state index is -0.286. The third-order valence-electron chi connectivity index (χ3n) is 3.69. The van der Waals surface area contributed by atoms with Crippen LogP contribution in [0.4, 0.5) is 0 Å². The highest BCUT2D eigenvalue weighted by atomic mass is 16.2. The maximum Gasteiger partial charge on any atom is 0.239 e. The number of unbranched alkanes of at least 4 members (excludes halogenated alkanes) is 1. The van der Waals surface area contributed by atoms with Crippen molar-refractivity contribution in [3.63, 3.8) is 0 Å². The number of likely N-dealkylation sites (tertiary alicyclic amines) is 1. The van der Waals surface area contributed by atoms with Gasteiger partial charge in [-0.1, -0.05) is 19.8 Å². The van der Waals surface area contributed by atoms with Gasteiger partial charge in [-0.2, -0.15) is 0 Å². The Hall–Kier alpha value is -0.610. The van der Waals surface area contributed by atoms with Gasteiger partial charge in [0.05, 0.1) is 6.04 Å². The number of nitrogens with zero attached hydrogens (tertiary/aromatic N) is 2. The molecule has 4 heteroatoms. The predicted molar refractivity (Wildman–Crippen MR) is 70.8 cm³/mol. The maximum absolute atomic E-state index is 12.1. The second-order valence-corrected chi connectivity index (χ2v) is 5.27. The standard InChI is InChI=1S/C13H27N3O/c1-4-5-6-12(14)13(17)16-9-7-11(8-10-16)15(2)3/h11-12H,4-10,14H2,1-3H3. The van der Waals surface area contributed by atoms with E-state index < -0.39 is 0 Å². The van der Waals surface area contributed by atoms with Gasteiger partial charge in [-0.25, -0.2) is 0 Å². The average Bonchev–Trinajstić information content (AvgIpc) is 2.35. The number of carbonyl (C=O) groups excluding carboxylic acids is 1. The zero-order valence-electron chi connectivity index (χ0n) is 11.5. The molecule has 0 spiro atoms. The van der Waals surface area contributed by atoms with Crippen molar-refractivity contribution in [2.75, 3.05) is 27.2 Å². The van der Waals surface area contributed by atoms with Crippen LogP contribution in [0.5, 0.6) is 0 Å². The first-order valence-corrected chi connectivity index (χ1v) is 6.77. The summed E-state index contributed by atoms with van der Waals surface area (Å²) < 4.78 is 0. The molecule has 1 heterocycles. The number of amides is 1. The molecule has 0 saturated carbocycles. The average molecular weight is 241 g/mol. The lowest BCUT2D eigenvalue weighted by atomic mass is 10.0. The van der Waals surface area contributed by atoms with Gasteiger partial charge >= 0.3 is 0 Å². The molecule has 1 aliphatic rings. The normalized spacial score (nSPS) is 19.7. The van der Waals surface area contributed by atoms with Crippen molar-refractivity contribution in [1.29, 1.82) is 0 Å². The molecule has 1 atom stereocenters. The molecule has 1 rings (SSSR count). The zero-order chi connectivity index (χ0) is 12.8. The molecule has 100 valence electrons. The Bertz CT molecular complexity index is 235. The Labute approximate surface area is 105 Å². The molecule has 1 saturated heterocycles. The van der Waals surface area contributed by atoms with Crippen molar-refractivity contribution in [2.45, 2.75) is 51.1 Å². The molecule has 1 fully saturated rings. The molecule has 0 aromatic carbocycles. The first-order valence-electron chi connectivity index (χ1n) is 6.77. The van der Waals surface area contributed by atoms with Gasteiger partial charge in [0.1, 0.15) is 0 Å². The number of carbonyl (C=O) groups is 1. The van der Waals surface area contributed by atoms with E-state index in [2.05, 4.69) is 25.9 Å². The van der Waals surface area contributed by atoms with E-state index in [0.29, 0.717) is 6.04 Å². The summed E-state index contributed by atoms with van der Waals surface area (Å²) in [6.07, 6.45) is 5.10. The number of hydrogen-bond acceptors (Lipinski definition) is 3. The highest BCUT2D eigenvalue weighted by Crippen LogP contribution is 2.15. The van der Waals surface area contributed by atoms with E-state index in [-0.39, 0.29) is 11.9 Å². The predicted octanol–water partition coefficient (Wildman–Crippen LogP) is 1.06. The lowest BCUT2D eigenvalue weighted by molar-refractivity contribution is -0.134. The zero-order valence-corrected chi connectivity index (χ0v) is 11.5. The molecule has 0 aromatic heterocycles. The van der Waals surface area contributed by atoms with Crippen molar-refractivity contribution in [3.8, 4) is 0 Å². The fourth-order valence-corrected chi connectivity index (χ4v) is 2.38. The summed E-state index contributed by atoms with van der Waals surface area (Å²) in [6.45, 7) is 3.85. The van der Waals surface area contributed by atoms with Crippen LogP contribution in [0.3, 0.4) is 0 Å². The van der Waals surface area contributed by atoms with Crippen LogP contribution in [0.15, 0.2) is 0 Å². The van der Waals surface area contributed by atoms with Gasteiger partial charge in [0.2, 0.25) is 5.91 Å². The summed E-state index contributed by atoms with van der Waals surface area (Å²) in [7, 11) is 4.21. The SMILES string of the molecule is CCCCC(N)C(=O)N1CCC(N(C)C)CC1. The Morgan fingerprint density at radius 3 is 2.47 bits per heavy atom. The van der Waals surface area contributed by atoms with Crippen molar-refractivity contribution >= 4 is 5.91 Å². The molecule has 1 aliphatic heterocycles. The Kier molecular flexibility index (Phi) is 5.92. The van der Waals surface area contributed by atoms with E-state index in [9.17, 15) is 4.79 Å². The molecule has 0 aromatic rings. The molecular weight excluding hydrogens is 214 g/mol. The molecule has 17 heavy (non-hydrogen) atoms. The smallest absolute Gasteiger partial charge is 0.239 e.